The average molecular weight is 312 g/mol. The monoisotopic (exact) mass is 311 g/mol. The van der Waals surface area contributed by atoms with Crippen LogP contribution in [0.5, 0.6) is 0 Å². The van der Waals surface area contributed by atoms with E-state index in [2.05, 4.69) is 20.5 Å². The Kier molecular flexibility index (Phi) is 4.86. The highest BCUT2D eigenvalue weighted by Gasteiger charge is 2.13. The van der Waals surface area contributed by atoms with Crippen LogP contribution in [0.3, 0.4) is 0 Å². The van der Waals surface area contributed by atoms with Crippen LogP contribution in [0.25, 0.3) is 0 Å². The second-order valence-corrected chi connectivity index (χ2v) is 5.45. The number of halogens is 1. The Morgan fingerprint density at radius 2 is 2.30 bits per heavy atom. The summed E-state index contributed by atoms with van der Waals surface area (Å²) in [4.78, 5) is 15.8. The van der Waals surface area contributed by atoms with Gasteiger partial charge >= 0.3 is 0 Å². The predicted molar refractivity (Wildman–Crippen MR) is 79.5 cm³/mol. The molecule has 0 saturated carbocycles. The Morgan fingerprint density at radius 1 is 1.55 bits per heavy atom. The van der Waals surface area contributed by atoms with Gasteiger partial charge in [0, 0.05) is 5.02 Å². The van der Waals surface area contributed by atoms with Crippen LogP contribution in [0.2, 0.25) is 5.02 Å². The van der Waals surface area contributed by atoms with Crippen molar-refractivity contribution in [2.24, 2.45) is 0 Å². The summed E-state index contributed by atoms with van der Waals surface area (Å²) >= 11 is 7.30. The second kappa shape index (κ2) is 6.62. The first-order valence-corrected chi connectivity index (χ1v) is 7.27. The number of amides is 1. The first-order chi connectivity index (χ1) is 9.56. The lowest BCUT2D eigenvalue weighted by molar-refractivity contribution is -0.119. The van der Waals surface area contributed by atoms with E-state index in [1.165, 1.54) is 11.8 Å². The lowest BCUT2D eigenvalue weighted by Gasteiger charge is -2.15. The molecule has 8 heteroatoms. The number of aromatic amines is 1. The SMILES string of the molecule is C[C@H](NC(=O)CSc1n[nH]c(N)n1)c1ccccc1Cl. The highest BCUT2D eigenvalue weighted by molar-refractivity contribution is 7.99. The zero-order valence-electron chi connectivity index (χ0n) is 10.8. The molecule has 0 aliphatic heterocycles. The molecule has 6 nitrogen and oxygen atoms in total. The number of aromatic nitrogens is 3. The minimum Gasteiger partial charge on any atom is -0.368 e. The lowest BCUT2D eigenvalue weighted by atomic mass is 10.1. The number of hydrogen-bond acceptors (Lipinski definition) is 5. The zero-order valence-corrected chi connectivity index (χ0v) is 12.3. The zero-order chi connectivity index (χ0) is 14.5. The third kappa shape index (κ3) is 3.88. The van der Waals surface area contributed by atoms with E-state index in [1.807, 2.05) is 25.1 Å². The Balaban J connectivity index is 1.87. The second-order valence-electron chi connectivity index (χ2n) is 4.10. The normalized spacial score (nSPS) is 12.1. The molecule has 0 saturated heterocycles. The molecule has 1 aromatic carbocycles. The molecule has 0 fully saturated rings. The van der Waals surface area contributed by atoms with Crippen LogP contribution in [-0.2, 0) is 4.79 Å². The van der Waals surface area contributed by atoms with E-state index >= 15 is 0 Å². The van der Waals surface area contributed by atoms with Gasteiger partial charge in [-0.15, -0.1) is 5.10 Å². The molecule has 2 aromatic rings. The number of rotatable bonds is 5. The van der Waals surface area contributed by atoms with Crippen molar-refractivity contribution < 1.29 is 4.79 Å². The molecular weight excluding hydrogens is 298 g/mol. The number of nitrogen functional groups attached to an aromatic ring is 1. The molecular formula is C12H14ClN5OS. The van der Waals surface area contributed by atoms with Gasteiger partial charge in [-0.1, -0.05) is 41.6 Å². The van der Waals surface area contributed by atoms with E-state index in [9.17, 15) is 4.79 Å². The quantitative estimate of drug-likeness (QED) is 0.734. The molecule has 0 spiro atoms. The number of nitrogens with two attached hydrogens (primary N) is 1. The molecule has 1 aromatic heterocycles. The summed E-state index contributed by atoms with van der Waals surface area (Å²) < 4.78 is 0. The van der Waals surface area contributed by atoms with Gasteiger partial charge in [0.25, 0.3) is 0 Å². The summed E-state index contributed by atoms with van der Waals surface area (Å²) in [5.41, 5.74) is 6.28. The Labute approximate surface area is 125 Å². The number of thioether (sulfide) groups is 1. The van der Waals surface area contributed by atoms with E-state index < -0.39 is 0 Å². The van der Waals surface area contributed by atoms with Gasteiger partial charge in [0.05, 0.1) is 11.8 Å². The summed E-state index contributed by atoms with van der Waals surface area (Å²) in [6.45, 7) is 1.88. The van der Waals surface area contributed by atoms with E-state index in [0.29, 0.717) is 10.2 Å². The summed E-state index contributed by atoms with van der Waals surface area (Å²) in [6, 6.07) is 7.26. The molecule has 2 rings (SSSR count). The number of nitrogens with one attached hydrogen (secondary N) is 2. The molecule has 1 heterocycles. The third-order valence-electron chi connectivity index (χ3n) is 2.56. The van der Waals surface area contributed by atoms with Crippen molar-refractivity contribution >= 4 is 35.2 Å². The van der Waals surface area contributed by atoms with E-state index in [4.69, 9.17) is 17.3 Å². The van der Waals surface area contributed by atoms with Gasteiger partial charge in [0.15, 0.2) is 0 Å². The maximum absolute atomic E-state index is 11.8. The first kappa shape index (κ1) is 14.7. The maximum Gasteiger partial charge on any atom is 0.230 e. The van der Waals surface area contributed by atoms with Gasteiger partial charge in [-0.2, -0.15) is 4.98 Å². The van der Waals surface area contributed by atoms with Crippen LogP contribution in [0, 0.1) is 0 Å². The van der Waals surface area contributed by atoms with Crippen molar-refractivity contribution in [1.29, 1.82) is 0 Å². The van der Waals surface area contributed by atoms with E-state index in [1.54, 1.807) is 6.07 Å². The van der Waals surface area contributed by atoms with Crippen molar-refractivity contribution in [2.45, 2.75) is 18.1 Å². The molecule has 0 bridgehead atoms. The molecule has 0 radical (unpaired) electrons. The largest absolute Gasteiger partial charge is 0.368 e. The van der Waals surface area contributed by atoms with Crippen molar-refractivity contribution in [3.63, 3.8) is 0 Å². The number of carbonyl (C=O) groups is 1. The Bertz CT molecular complexity index is 603. The van der Waals surface area contributed by atoms with Crippen molar-refractivity contribution in [3.8, 4) is 0 Å². The summed E-state index contributed by atoms with van der Waals surface area (Å²) in [7, 11) is 0. The van der Waals surface area contributed by atoms with Gasteiger partial charge in [0.1, 0.15) is 0 Å². The summed E-state index contributed by atoms with van der Waals surface area (Å²) in [5.74, 6) is 0.328. The standard InChI is InChI=1S/C12H14ClN5OS/c1-7(8-4-2-3-5-9(8)13)15-10(19)6-20-12-16-11(14)17-18-12/h2-5,7H,6H2,1H3,(H,15,19)(H3,14,16,17,18)/t7-/m0/s1. The first-order valence-electron chi connectivity index (χ1n) is 5.90. The fraction of sp³-hybridized carbons (Fsp3) is 0.250. The molecule has 0 aliphatic rings. The molecule has 20 heavy (non-hydrogen) atoms. The van der Waals surface area contributed by atoms with Crippen LogP contribution in [0.15, 0.2) is 29.4 Å². The van der Waals surface area contributed by atoms with E-state index in [0.717, 1.165) is 5.56 Å². The smallest absolute Gasteiger partial charge is 0.230 e. The minimum absolute atomic E-state index is 0.120. The van der Waals surface area contributed by atoms with Crippen LogP contribution in [-0.4, -0.2) is 26.8 Å². The fourth-order valence-corrected chi connectivity index (χ4v) is 2.56. The summed E-state index contributed by atoms with van der Waals surface area (Å²) in [6.07, 6.45) is 0. The van der Waals surface area contributed by atoms with Gasteiger partial charge < -0.3 is 11.1 Å². The van der Waals surface area contributed by atoms with Crippen LogP contribution in [0.4, 0.5) is 5.95 Å². The van der Waals surface area contributed by atoms with Crippen LogP contribution < -0.4 is 11.1 Å². The van der Waals surface area contributed by atoms with Gasteiger partial charge in [0.2, 0.25) is 17.0 Å². The third-order valence-corrected chi connectivity index (χ3v) is 3.76. The molecule has 1 atom stereocenters. The number of benzene rings is 1. The lowest BCUT2D eigenvalue weighted by Crippen LogP contribution is -2.28. The molecule has 4 N–H and O–H groups in total. The van der Waals surface area contributed by atoms with Crippen LogP contribution >= 0.6 is 23.4 Å². The van der Waals surface area contributed by atoms with Crippen molar-refractivity contribution in [2.75, 3.05) is 11.5 Å². The predicted octanol–water partition coefficient (Wildman–Crippen LogP) is 2.01. The number of hydrogen-bond donors (Lipinski definition) is 3. The molecule has 0 unspecified atom stereocenters. The summed E-state index contributed by atoms with van der Waals surface area (Å²) in [5, 5.41) is 10.3. The number of nitrogens with zero attached hydrogens (tertiary/aromatic N) is 2. The number of anilines is 1. The van der Waals surface area contributed by atoms with Crippen molar-refractivity contribution in [3.05, 3.63) is 34.9 Å². The minimum atomic E-state index is -0.158. The Morgan fingerprint density at radius 3 is 2.95 bits per heavy atom. The molecule has 0 aliphatic carbocycles. The fourth-order valence-electron chi connectivity index (χ4n) is 1.64. The van der Waals surface area contributed by atoms with Gasteiger partial charge in [-0.05, 0) is 18.6 Å². The van der Waals surface area contributed by atoms with Crippen molar-refractivity contribution in [1.82, 2.24) is 20.5 Å². The number of H-pyrrole nitrogens is 1. The number of carbonyl (C=O) groups excluding carboxylic acids is 1. The Hall–Kier alpha value is -1.73. The molecule has 1 amide bonds. The van der Waals surface area contributed by atoms with Crippen LogP contribution in [0.1, 0.15) is 18.5 Å². The average Bonchev–Trinajstić information content (AvgIpc) is 2.82. The van der Waals surface area contributed by atoms with Gasteiger partial charge in [-0.25, -0.2) is 5.10 Å². The highest BCUT2D eigenvalue weighted by Crippen LogP contribution is 2.22. The molecule has 106 valence electrons. The van der Waals surface area contributed by atoms with Gasteiger partial charge in [-0.3, -0.25) is 4.79 Å². The topological polar surface area (TPSA) is 96.7 Å². The van der Waals surface area contributed by atoms with E-state index in [-0.39, 0.29) is 23.7 Å². The highest BCUT2D eigenvalue weighted by atomic mass is 35.5. The maximum atomic E-state index is 11.8.